The molecule has 2 N–H and O–H groups in total. The lowest BCUT2D eigenvalue weighted by Crippen LogP contribution is -2.70. The number of rotatable bonds is 6. The van der Waals surface area contributed by atoms with Crippen LogP contribution in [0.3, 0.4) is 0 Å². The molecule has 1 aromatic carbocycles. The summed E-state index contributed by atoms with van der Waals surface area (Å²) in [6, 6.07) is 4.94. The highest BCUT2D eigenvalue weighted by atomic mass is 32.2. The molecule has 0 aliphatic carbocycles. The van der Waals surface area contributed by atoms with Crippen LogP contribution in [0.2, 0.25) is 0 Å². The molecule has 2 aromatic rings. The van der Waals surface area contributed by atoms with Crippen molar-refractivity contribution in [1.29, 1.82) is 0 Å². The fraction of sp³-hybridized carbons (Fsp3) is 0.235. The van der Waals surface area contributed by atoms with Crippen LogP contribution in [0.25, 0.3) is 5.57 Å². The molecule has 1 fully saturated rings. The number of aromatic amines is 1. The quantitative estimate of drug-likeness (QED) is 0.251. The average Bonchev–Trinajstić information content (AvgIpc) is 3.25. The molecule has 0 radical (unpaired) electrons. The number of carbonyl (C=O) groups excluding carboxylic acids is 3. The maximum absolute atomic E-state index is 12.7. The summed E-state index contributed by atoms with van der Waals surface area (Å²) in [7, 11) is 0. The van der Waals surface area contributed by atoms with E-state index in [-0.39, 0.29) is 17.8 Å². The molecule has 1 saturated heterocycles. The molecule has 0 unspecified atom stereocenters. The molecule has 2 aliphatic heterocycles. The van der Waals surface area contributed by atoms with Gasteiger partial charge in [-0.05, 0) is 5.56 Å². The lowest BCUT2D eigenvalue weighted by molar-refractivity contribution is -0.384. The molecule has 4 rings (SSSR count). The summed E-state index contributed by atoms with van der Waals surface area (Å²) in [5, 5.41) is 18.9. The van der Waals surface area contributed by atoms with E-state index in [1.54, 1.807) is 6.07 Å². The molecule has 0 saturated carbocycles. The number of hydrogen-bond acceptors (Lipinski definition) is 8. The standard InChI is InChI=1S/C17H14N6O5S2/c24-11(5-8-2-1-3-9(4-8)23(27)28)20-12-15(25)22-13(17(26)29)10(6-30-16(12)22)14-18-7-19-21-14/h1-4,7,12,16H,5-6H2,(H,20,24)(H,26,29)(H,18,19,21)/t12-,16-/m1/s1. The predicted octanol–water partition coefficient (Wildman–Crippen LogP) is 0.523. The van der Waals surface area contributed by atoms with Crippen molar-refractivity contribution in [3.63, 3.8) is 0 Å². The largest absolute Gasteiger partial charge is 0.341 e. The second-order valence-corrected chi connectivity index (χ2v) is 8.04. The monoisotopic (exact) mass is 446 g/mol. The topological polar surface area (TPSA) is 151 Å². The first-order valence-electron chi connectivity index (χ1n) is 8.66. The van der Waals surface area contributed by atoms with Crippen molar-refractivity contribution in [2.24, 2.45) is 0 Å². The number of aromatic nitrogens is 3. The SMILES string of the molecule is O=C(Cc1cccc([N+](=O)[O-])c1)N[C@@H]1C(=O)N2C(C(=O)S)=C(c3ncn[nH]3)CS[C@H]12. The molecule has 11 nitrogen and oxygen atoms in total. The van der Waals surface area contributed by atoms with E-state index in [0.29, 0.717) is 22.7 Å². The second kappa shape index (κ2) is 7.91. The number of amides is 2. The van der Waals surface area contributed by atoms with Gasteiger partial charge in [-0.3, -0.25) is 34.5 Å². The van der Waals surface area contributed by atoms with Gasteiger partial charge in [-0.2, -0.15) is 5.10 Å². The summed E-state index contributed by atoms with van der Waals surface area (Å²) in [6.45, 7) is 0. The molecule has 2 atom stereocenters. The number of carbonyl (C=O) groups is 3. The molecule has 30 heavy (non-hydrogen) atoms. The van der Waals surface area contributed by atoms with Crippen LogP contribution in [0.5, 0.6) is 0 Å². The number of β-lactam (4-membered cyclic amide) rings is 1. The van der Waals surface area contributed by atoms with Crippen LogP contribution in [-0.2, 0) is 20.8 Å². The van der Waals surface area contributed by atoms with E-state index in [2.05, 4.69) is 33.1 Å². The minimum absolute atomic E-state index is 0.111. The van der Waals surface area contributed by atoms with E-state index in [9.17, 15) is 24.5 Å². The van der Waals surface area contributed by atoms with Gasteiger partial charge in [0.15, 0.2) is 5.82 Å². The van der Waals surface area contributed by atoms with Gasteiger partial charge in [0.2, 0.25) is 11.0 Å². The van der Waals surface area contributed by atoms with Crippen molar-refractivity contribution in [2.75, 3.05) is 5.75 Å². The molecule has 3 heterocycles. The molecule has 2 amide bonds. The smallest absolute Gasteiger partial charge is 0.269 e. The minimum atomic E-state index is -0.805. The number of nitro groups is 1. The summed E-state index contributed by atoms with van der Waals surface area (Å²) < 4.78 is 0. The lowest BCUT2D eigenvalue weighted by atomic mass is 10.0. The molecule has 1 aromatic heterocycles. The normalized spacial score (nSPS) is 20.4. The number of non-ortho nitro benzene ring substituents is 1. The lowest BCUT2D eigenvalue weighted by Gasteiger charge is -2.49. The fourth-order valence-corrected chi connectivity index (χ4v) is 4.93. The van der Waals surface area contributed by atoms with Crippen LogP contribution < -0.4 is 5.32 Å². The van der Waals surface area contributed by atoms with Crippen LogP contribution in [0.4, 0.5) is 5.69 Å². The van der Waals surface area contributed by atoms with Gasteiger partial charge >= 0.3 is 0 Å². The van der Waals surface area contributed by atoms with E-state index >= 15 is 0 Å². The van der Waals surface area contributed by atoms with Crippen LogP contribution in [0.15, 0.2) is 36.3 Å². The first kappa shape index (κ1) is 20.1. The van der Waals surface area contributed by atoms with Crippen molar-refractivity contribution < 1.29 is 19.3 Å². The first-order chi connectivity index (χ1) is 14.4. The molecular formula is C17H14N6O5S2. The molecule has 154 valence electrons. The number of fused-ring (bicyclic) bond motifs is 1. The Morgan fingerprint density at radius 1 is 1.43 bits per heavy atom. The van der Waals surface area contributed by atoms with Crippen LogP contribution >= 0.6 is 24.4 Å². The second-order valence-electron chi connectivity index (χ2n) is 6.53. The Morgan fingerprint density at radius 3 is 2.90 bits per heavy atom. The Morgan fingerprint density at radius 2 is 2.23 bits per heavy atom. The number of nitrogens with zero attached hydrogens (tertiary/aromatic N) is 4. The Kier molecular flexibility index (Phi) is 5.30. The van der Waals surface area contributed by atoms with Gasteiger partial charge in [-0.15, -0.1) is 11.8 Å². The Labute approximate surface area is 178 Å². The number of thioether (sulfide) groups is 1. The van der Waals surface area contributed by atoms with Crippen molar-refractivity contribution >= 4 is 52.6 Å². The number of benzene rings is 1. The zero-order valence-electron chi connectivity index (χ0n) is 15.1. The maximum Gasteiger partial charge on any atom is 0.269 e. The Bertz CT molecular complexity index is 1090. The molecule has 2 aliphatic rings. The summed E-state index contributed by atoms with van der Waals surface area (Å²) >= 11 is 5.27. The highest BCUT2D eigenvalue weighted by Gasteiger charge is 2.54. The molecule has 13 heteroatoms. The average molecular weight is 446 g/mol. The Balaban J connectivity index is 1.48. The minimum Gasteiger partial charge on any atom is -0.341 e. The van der Waals surface area contributed by atoms with E-state index in [4.69, 9.17) is 0 Å². The number of nitro benzene ring substituents is 1. The number of thiol groups is 1. The van der Waals surface area contributed by atoms with Gasteiger partial charge < -0.3 is 5.32 Å². The fourth-order valence-electron chi connectivity index (χ4n) is 3.34. The van der Waals surface area contributed by atoms with Crippen LogP contribution in [0.1, 0.15) is 11.4 Å². The number of H-pyrrole nitrogens is 1. The van der Waals surface area contributed by atoms with Crippen molar-refractivity contribution in [1.82, 2.24) is 25.4 Å². The van der Waals surface area contributed by atoms with Gasteiger partial charge in [0.1, 0.15) is 23.4 Å². The van der Waals surface area contributed by atoms with Crippen molar-refractivity contribution in [3.05, 3.63) is 57.8 Å². The summed E-state index contributed by atoms with van der Waals surface area (Å²) in [6.07, 6.45) is 1.19. The summed E-state index contributed by atoms with van der Waals surface area (Å²) in [5.41, 5.74) is 0.980. The van der Waals surface area contributed by atoms with E-state index < -0.39 is 33.3 Å². The van der Waals surface area contributed by atoms with Gasteiger partial charge in [-0.1, -0.05) is 24.8 Å². The van der Waals surface area contributed by atoms with E-state index in [0.717, 1.165) is 0 Å². The third-order valence-corrected chi connectivity index (χ3v) is 6.17. The molecule has 0 bridgehead atoms. The third-order valence-electron chi connectivity index (χ3n) is 4.67. The van der Waals surface area contributed by atoms with Crippen molar-refractivity contribution in [2.45, 2.75) is 17.8 Å². The van der Waals surface area contributed by atoms with Gasteiger partial charge in [0, 0.05) is 23.5 Å². The Hall–Kier alpha value is -3.19. The zero-order chi connectivity index (χ0) is 21.4. The van der Waals surface area contributed by atoms with Gasteiger partial charge in [-0.25, -0.2) is 4.98 Å². The molecule has 0 spiro atoms. The maximum atomic E-state index is 12.7. The number of hydrogen-bond donors (Lipinski definition) is 3. The highest BCUT2D eigenvalue weighted by Crippen LogP contribution is 2.43. The molecular weight excluding hydrogens is 432 g/mol. The van der Waals surface area contributed by atoms with Gasteiger partial charge in [0.05, 0.1) is 11.3 Å². The van der Waals surface area contributed by atoms with Crippen LogP contribution in [0, 0.1) is 10.1 Å². The van der Waals surface area contributed by atoms with Gasteiger partial charge in [0.25, 0.3) is 11.6 Å². The van der Waals surface area contributed by atoms with Crippen LogP contribution in [-0.4, -0.2) is 59.1 Å². The van der Waals surface area contributed by atoms with E-state index in [1.165, 1.54) is 41.2 Å². The van der Waals surface area contributed by atoms with Crippen molar-refractivity contribution in [3.8, 4) is 0 Å². The highest BCUT2D eigenvalue weighted by molar-refractivity contribution is 8.00. The first-order valence-corrected chi connectivity index (χ1v) is 10.2. The summed E-state index contributed by atoms with van der Waals surface area (Å²) in [5.74, 6) is -0.126. The zero-order valence-corrected chi connectivity index (χ0v) is 16.9. The predicted molar refractivity (Wildman–Crippen MR) is 109 cm³/mol. The number of nitrogens with one attached hydrogen (secondary N) is 2. The van der Waals surface area contributed by atoms with E-state index in [1.807, 2.05) is 0 Å². The summed E-state index contributed by atoms with van der Waals surface area (Å²) in [4.78, 5) is 52.9. The third kappa shape index (κ3) is 3.57.